The van der Waals surface area contributed by atoms with Crippen LogP contribution in [0.4, 0.5) is 10.1 Å². The quantitative estimate of drug-likeness (QED) is 0.409. The number of amides is 2. The lowest BCUT2D eigenvalue weighted by Crippen LogP contribution is -2.47. The van der Waals surface area contributed by atoms with Gasteiger partial charge in [-0.25, -0.2) is 4.39 Å². The molecular weight excluding hydrogens is 411 g/mol. The molecule has 2 N–H and O–H groups in total. The summed E-state index contributed by atoms with van der Waals surface area (Å²) >= 11 is 3.12. The van der Waals surface area contributed by atoms with Crippen LogP contribution < -0.4 is 10.6 Å². The van der Waals surface area contributed by atoms with E-state index in [9.17, 15) is 18.8 Å². The fourth-order valence-electron chi connectivity index (χ4n) is 2.56. The number of anilines is 1. The van der Waals surface area contributed by atoms with Crippen LogP contribution in [0, 0.1) is 11.7 Å². The summed E-state index contributed by atoms with van der Waals surface area (Å²) in [4.78, 5) is 36.1. The molecule has 1 unspecified atom stereocenters. The topological polar surface area (TPSA) is 93.7 Å². The van der Waals surface area contributed by atoms with Crippen LogP contribution in [0.15, 0.2) is 34.8 Å². The number of carbonyl (C=O) groups is 3. The maximum absolute atomic E-state index is 13.4. The average molecular weight is 429 g/mol. The highest BCUT2D eigenvalue weighted by Gasteiger charge is 2.31. The van der Waals surface area contributed by atoms with Gasteiger partial charge in [0, 0.05) is 23.3 Å². The number of hydrogen-bond acceptors (Lipinski definition) is 5. The van der Waals surface area contributed by atoms with Gasteiger partial charge in [-0.1, -0.05) is 28.1 Å². The maximum Gasteiger partial charge on any atom is 0.312 e. The monoisotopic (exact) mass is 428 g/mol. The van der Waals surface area contributed by atoms with Crippen LogP contribution in [-0.4, -0.2) is 44.1 Å². The van der Waals surface area contributed by atoms with Crippen molar-refractivity contribution in [1.29, 1.82) is 0 Å². The van der Waals surface area contributed by atoms with Crippen molar-refractivity contribution < 1.29 is 28.2 Å². The lowest BCUT2D eigenvalue weighted by atomic mass is 10.1. The van der Waals surface area contributed by atoms with Crippen molar-refractivity contribution >= 4 is 39.4 Å². The van der Waals surface area contributed by atoms with E-state index in [1.54, 1.807) is 12.2 Å². The number of benzene rings is 1. The molecule has 9 heteroatoms. The van der Waals surface area contributed by atoms with Gasteiger partial charge in [0.2, 0.25) is 6.10 Å². The van der Waals surface area contributed by atoms with E-state index >= 15 is 0 Å². The Kier molecular flexibility index (Phi) is 6.87. The molecule has 7 nitrogen and oxygen atoms in total. The molecule has 0 aliphatic heterocycles. The number of esters is 1. The average Bonchev–Trinajstić information content (AvgIpc) is 3.02. The van der Waals surface area contributed by atoms with Crippen molar-refractivity contribution in [2.75, 3.05) is 19.5 Å². The van der Waals surface area contributed by atoms with Crippen molar-refractivity contribution in [2.24, 2.45) is 5.92 Å². The van der Waals surface area contributed by atoms with Crippen molar-refractivity contribution in [1.82, 2.24) is 5.32 Å². The SMILES string of the molecule is COC(=O)[C@@H]1C=C[C@H](NC(=O)C(OC)C(=O)Nc2cc(F)cc(Br)c2)C1. The summed E-state index contributed by atoms with van der Waals surface area (Å²) in [6.45, 7) is 0. The number of hydrogen-bond donors (Lipinski definition) is 2. The Morgan fingerprint density at radius 2 is 1.92 bits per heavy atom. The third-order valence-corrected chi connectivity index (χ3v) is 4.22. The molecule has 0 bridgehead atoms. The highest BCUT2D eigenvalue weighted by Crippen LogP contribution is 2.20. The van der Waals surface area contributed by atoms with Gasteiger partial charge in [-0.3, -0.25) is 14.4 Å². The van der Waals surface area contributed by atoms with Crippen LogP contribution in [0.3, 0.4) is 0 Å². The van der Waals surface area contributed by atoms with Gasteiger partial charge in [-0.15, -0.1) is 0 Å². The molecule has 1 aliphatic rings. The minimum absolute atomic E-state index is 0.184. The van der Waals surface area contributed by atoms with E-state index < -0.39 is 41.7 Å². The standard InChI is InChI=1S/C17H18BrFN2O5/c1-25-14(16(23)21-13-7-10(18)6-11(19)8-13)15(22)20-12-4-3-9(5-12)17(24)26-2/h3-4,6-9,12,14H,5H2,1-2H3,(H,20,22)(H,21,23)/t9-,12+,14?/m1/s1. The van der Waals surface area contributed by atoms with Crippen molar-refractivity contribution in [3.63, 3.8) is 0 Å². The molecule has 140 valence electrons. The Hall–Kier alpha value is -2.26. The normalized spacial score (nSPS) is 19.7. The van der Waals surface area contributed by atoms with Gasteiger partial charge < -0.3 is 20.1 Å². The summed E-state index contributed by atoms with van der Waals surface area (Å²) in [5.74, 6) is -2.78. The number of methoxy groups -OCH3 is 2. The smallest absolute Gasteiger partial charge is 0.312 e. The lowest BCUT2D eigenvalue weighted by molar-refractivity contribution is -0.144. The Morgan fingerprint density at radius 1 is 1.19 bits per heavy atom. The van der Waals surface area contributed by atoms with E-state index in [0.29, 0.717) is 10.9 Å². The van der Waals surface area contributed by atoms with Gasteiger partial charge >= 0.3 is 5.97 Å². The highest BCUT2D eigenvalue weighted by atomic mass is 79.9. The van der Waals surface area contributed by atoms with E-state index in [2.05, 4.69) is 31.3 Å². The molecule has 1 aliphatic carbocycles. The molecule has 1 aromatic carbocycles. The van der Waals surface area contributed by atoms with Crippen molar-refractivity contribution in [3.8, 4) is 0 Å². The second-order valence-electron chi connectivity index (χ2n) is 5.63. The fraction of sp³-hybridized carbons (Fsp3) is 0.353. The minimum Gasteiger partial charge on any atom is -0.469 e. The minimum atomic E-state index is -1.43. The Morgan fingerprint density at radius 3 is 2.54 bits per heavy atom. The summed E-state index contributed by atoms with van der Waals surface area (Å²) in [6.07, 6.45) is 2.21. The predicted octanol–water partition coefficient (Wildman–Crippen LogP) is 1.78. The molecule has 0 radical (unpaired) electrons. The zero-order valence-electron chi connectivity index (χ0n) is 14.1. The first kappa shape index (κ1) is 20.1. The maximum atomic E-state index is 13.4. The molecule has 0 saturated carbocycles. The van der Waals surface area contributed by atoms with Gasteiger partial charge in [-0.2, -0.15) is 0 Å². The summed E-state index contributed by atoms with van der Waals surface area (Å²) < 4.78 is 23.4. The first-order valence-corrected chi connectivity index (χ1v) is 8.49. The third-order valence-electron chi connectivity index (χ3n) is 3.76. The molecule has 0 spiro atoms. The Balaban J connectivity index is 1.96. The van der Waals surface area contributed by atoms with E-state index in [4.69, 9.17) is 4.74 Å². The highest BCUT2D eigenvalue weighted by molar-refractivity contribution is 9.10. The largest absolute Gasteiger partial charge is 0.469 e. The molecular formula is C17H18BrFN2O5. The third kappa shape index (κ3) is 5.12. The van der Waals surface area contributed by atoms with Crippen molar-refractivity contribution in [3.05, 3.63) is 40.6 Å². The molecule has 0 fully saturated rings. The molecule has 26 heavy (non-hydrogen) atoms. The van der Waals surface area contributed by atoms with Crippen LogP contribution in [0.5, 0.6) is 0 Å². The van der Waals surface area contributed by atoms with E-state index in [-0.39, 0.29) is 5.69 Å². The number of nitrogens with one attached hydrogen (secondary N) is 2. The molecule has 0 saturated heterocycles. The summed E-state index contributed by atoms with van der Waals surface area (Å²) in [7, 11) is 2.51. The molecule has 3 atom stereocenters. The molecule has 0 aromatic heterocycles. The van der Waals surface area contributed by atoms with Crippen LogP contribution in [-0.2, 0) is 23.9 Å². The Bertz CT molecular complexity index is 720. The van der Waals surface area contributed by atoms with Gasteiger partial charge in [0.15, 0.2) is 0 Å². The second kappa shape index (κ2) is 8.91. The lowest BCUT2D eigenvalue weighted by Gasteiger charge is -2.18. The van der Waals surface area contributed by atoms with Gasteiger partial charge in [0.1, 0.15) is 5.82 Å². The van der Waals surface area contributed by atoms with E-state index in [1.165, 1.54) is 26.4 Å². The van der Waals surface area contributed by atoms with E-state index in [1.807, 2.05) is 0 Å². The summed E-state index contributed by atoms with van der Waals surface area (Å²) in [6, 6.07) is 3.43. The molecule has 1 aromatic rings. The van der Waals surface area contributed by atoms with Crippen molar-refractivity contribution in [2.45, 2.75) is 18.6 Å². The molecule has 0 heterocycles. The van der Waals surface area contributed by atoms with E-state index in [0.717, 1.165) is 6.07 Å². The second-order valence-corrected chi connectivity index (χ2v) is 6.54. The number of ether oxygens (including phenoxy) is 2. The zero-order valence-corrected chi connectivity index (χ0v) is 15.7. The number of rotatable bonds is 6. The fourth-order valence-corrected chi connectivity index (χ4v) is 3.02. The first-order chi connectivity index (χ1) is 12.3. The molecule has 2 amide bonds. The number of carbonyl (C=O) groups excluding carboxylic acids is 3. The van der Waals surface area contributed by atoms with Crippen LogP contribution >= 0.6 is 15.9 Å². The zero-order chi connectivity index (χ0) is 19.3. The van der Waals surface area contributed by atoms with Crippen LogP contribution in [0.2, 0.25) is 0 Å². The summed E-state index contributed by atoms with van der Waals surface area (Å²) in [5, 5.41) is 5.06. The summed E-state index contributed by atoms with van der Waals surface area (Å²) in [5.41, 5.74) is 0.184. The number of halogens is 2. The molecule has 2 rings (SSSR count). The Labute approximate surface area is 158 Å². The predicted molar refractivity (Wildman–Crippen MR) is 94.7 cm³/mol. The van der Waals surface area contributed by atoms with Crippen LogP contribution in [0.1, 0.15) is 6.42 Å². The van der Waals surface area contributed by atoms with Gasteiger partial charge in [0.25, 0.3) is 11.8 Å². The van der Waals surface area contributed by atoms with Gasteiger partial charge in [-0.05, 0) is 24.6 Å². The van der Waals surface area contributed by atoms with Gasteiger partial charge in [0.05, 0.1) is 13.0 Å². The van der Waals surface area contributed by atoms with Crippen LogP contribution in [0.25, 0.3) is 0 Å². The first-order valence-electron chi connectivity index (χ1n) is 7.70.